The highest BCUT2D eigenvalue weighted by molar-refractivity contribution is 5.83. The standard InChI is InChI=1S/C15H30N2O2/c1-12(2)8-6-4-5-7-9-17-14(18)15(3)11-19-10-13(15)16/h12-13H,4-11,16H2,1-3H3,(H,17,18). The van der Waals surface area contributed by atoms with Crippen molar-refractivity contribution in [1.82, 2.24) is 5.32 Å². The van der Waals surface area contributed by atoms with E-state index in [1.54, 1.807) is 0 Å². The minimum atomic E-state index is -0.544. The molecule has 1 aliphatic rings. The molecule has 0 spiro atoms. The van der Waals surface area contributed by atoms with Gasteiger partial charge in [-0.05, 0) is 19.3 Å². The minimum absolute atomic E-state index is 0.0414. The molecular weight excluding hydrogens is 240 g/mol. The number of amides is 1. The minimum Gasteiger partial charge on any atom is -0.379 e. The van der Waals surface area contributed by atoms with Gasteiger partial charge in [0.2, 0.25) is 5.91 Å². The first-order chi connectivity index (χ1) is 8.97. The number of nitrogens with two attached hydrogens (primary N) is 1. The Morgan fingerprint density at radius 2 is 2.05 bits per heavy atom. The molecule has 19 heavy (non-hydrogen) atoms. The lowest BCUT2D eigenvalue weighted by Crippen LogP contribution is -2.50. The third kappa shape index (κ3) is 5.11. The van der Waals surface area contributed by atoms with Crippen LogP contribution in [0.2, 0.25) is 0 Å². The van der Waals surface area contributed by atoms with Crippen LogP contribution in [-0.4, -0.2) is 31.7 Å². The second-order valence-electron chi connectivity index (χ2n) is 6.39. The van der Waals surface area contributed by atoms with Gasteiger partial charge < -0.3 is 15.8 Å². The zero-order chi connectivity index (χ0) is 14.3. The molecule has 4 nitrogen and oxygen atoms in total. The SMILES string of the molecule is CC(C)CCCCCCNC(=O)C1(C)COCC1N. The van der Waals surface area contributed by atoms with Crippen LogP contribution in [0.4, 0.5) is 0 Å². The molecular formula is C15H30N2O2. The molecule has 1 aliphatic heterocycles. The highest BCUT2D eigenvalue weighted by atomic mass is 16.5. The van der Waals surface area contributed by atoms with Crippen LogP contribution < -0.4 is 11.1 Å². The largest absolute Gasteiger partial charge is 0.379 e. The Bertz CT molecular complexity index is 281. The molecule has 1 saturated heterocycles. The Kier molecular flexibility index (Phi) is 6.80. The predicted octanol–water partition coefficient (Wildman–Crippen LogP) is 2.07. The summed E-state index contributed by atoms with van der Waals surface area (Å²) < 4.78 is 5.29. The van der Waals surface area contributed by atoms with Gasteiger partial charge in [0, 0.05) is 12.6 Å². The van der Waals surface area contributed by atoms with Crippen molar-refractivity contribution in [3.8, 4) is 0 Å². The average molecular weight is 270 g/mol. The fourth-order valence-corrected chi connectivity index (χ4v) is 2.36. The van der Waals surface area contributed by atoms with Gasteiger partial charge in [-0.2, -0.15) is 0 Å². The third-order valence-corrected chi connectivity index (χ3v) is 4.03. The van der Waals surface area contributed by atoms with Gasteiger partial charge in [-0.15, -0.1) is 0 Å². The summed E-state index contributed by atoms with van der Waals surface area (Å²) in [6.07, 6.45) is 6.09. The molecule has 0 saturated carbocycles. The summed E-state index contributed by atoms with van der Waals surface area (Å²) >= 11 is 0. The summed E-state index contributed by atoms with van der Waals surface area (Å²) in [5.41, 5.74) is 5.38. The van der Waals surface area contributed by atoms with E-state index in [-0.39, 0.29) is 11.9 Å². The molecule has 1 amide bonds. The van der Waals surface area contributed by atoms with E-state index in [2.05, 4.69) is 19.2 Å². The van der Waals surface area contributed by atoms with Crippen LogP contribution in [0.25, 0.3) is 0 Å². The van der Waals surface area contributed by atoms with Gasteiger partial charge in [0.25, 0.3) is 0 Å². The molecule has 1 fully saturated rings. The zero-order valence-electron chi connectivity index (χ0n) is 12.7. The summed E-state index contributed by atoms with van der Waals surface area (Å²) in [6, 6.07) is -0.182. The molecule has 0 aromatic carbocycles. The first-order valence-corrected chi connectivity index (χ1v) is 7.58. The smallest absolute Gasteiger partial charge is 0.229 e. The van der Waals surface area contributed by atoms with E-state index in [0.29, 0.717) is 13.2 Å². The van der Waals surface area contributed by atoms with Crippen LogP contribution in [0.3, 0.4) is 0 Å². The van der Waals surface area contributed by atoms with E-state index < -0.39 is 5.41 Å². The normalized spacial score (nSPS) is 26.9. The van der Waals surface area contributed by atoms with Crippen molar-refractivity contribution in [2.45, 2.75) is 58.9 Å². The number of carbonyl (C=O) groups excluding carboxylic acids is 1. The van der Waals surface area contributed by atoms with Gasteiger partial charge >= 0.3 is 0 Å². The third-order valence-electron chi connectivity index (χ3n) is 4.03. The molecule has 0 aromatic heterocycles. The molecule has 1 heterocycles. The first kappa shape index (κ1) is 16.4. The molecule has 0 radical (unpaired) electrons. The quantitative estimate of drug-likeness (QED) is 0.664. The number of hydrogen-bond acceptors (Lipinski definition) is 3. The summed E-state index contributed by atoms with van der Waals surface area (Å²) in [5, 5.41) is 3.00. The average Bonchev–Trinajstić information content (AvgIpc) is 2.69. The maximum Gasteiger partial charge on any atom is 0.229 e. The fourth-order valence-electron chi connectivity index (χ4n) is 2.36. The van der Waals surface area contributed by atoms with Crippen molar-refractivity contribution in [1.29, 1.82) is 0 Å². The van der Waals surface area contributed by atoms with E-state index in [4.69, 9.17) is 10.5 Å². The molecule has 0 bridgehead atoms. The summed E-state index contributed by atoms with van der Waals surface area (Å²) in [6.45, 7) is 8.08. The van der Waals surface area contributed by atoms with Gasteiger partial charge in [-0.3, -0.25) is 4.79 Å². The molecule has 0 aliphatic carbocycles. The van der Waals surface area contributed by atoms with Crippen LogP contribution in [-0.2, 0) is 9.53 Å². The van der Waals surface area contributed by atoms with Crippen molar-refractivity contribution in [3.05, 3.63) is 0 Å². The fraction of sp³-hybridized carbons (Fsp3) is 0.933. The van der Waals surface area contributed by atoms with Crippen LogP contribution >= 0.6 is 0 Å². The summed E-state index contributed by atoms with van der Waals surface area (Å²) in [7, 11) is 0. The lowest BCUT2D eigenvalue weighted by atomic mass is 9.85. The Morgan fingerprint density at radius 1 is 1.37 bits per heavy atom. The second-order valence-corrected chi connectivity index (χ2v) is 6.39. The number of unbranched alkanes of at least 4 members (excludes halogenated alkanes) is 3. The van der Waals surface area contributed by atoms with E-state index in [1.165, 1.54) is 25.7 Å². The van der Waals surface area contributed by atoms with Crippen molar-refractivity contribution in [2.24, 2.45) is 17.1 Å². The summed E-state index contributed by atoms with van der Waals surface area (Å²) in [4.78, 5) is 12.1. The maximum absolute atomic E-state index is 12.1. The second kappa shape index (κ2) is 7.85. The summed E-state index contributed by atoms with van der Waals surface area (Å²) in [5.74, 6) is 0.836. The van der Waals surface area contributed by atoms with Crippen molar-refractivity contribution >= 4 is 5.91 Å². The molecule has 4 heteroatoms. The Balaban J connectivity index is 2.08. The maximum atomic E-state index is 12.1. The molecule has 0 aromatic rings. The number of rotatable bonds is 8. The molecule has 3 N–H and O–H groups in total. The van der Waals surface area contributed by atoms with E-state index in [0.717, 1.165) is 18.9 Å². The molecule has 112 valence electrons. The van der Waals surface area contributed by atoms with E-state index in [1.807, 2.05) is 6.92 Å². The van der Waals surface area contributed by atoms with Crippen molar-refractivity contribution in [2.75, 3.05) is 19.8 Å². The zero-order valence-corrected chi connectivity index (χ0v) is 12.7. The highest BCUT2D eigenvalue weighted by Gasteiger charge is 2.44. The van der Waals surface area contributed by atoms with Gasteiger partial charge in [0.05, 0.1) is 18.6 Å². The predicted molar refractivity (Wildman–Crippen MR) is 77.8 cm³/mol. The molecule has 2 unspecified atom stereocenters. The van der Waals surface area contributed by atoms with Crippen LogP contribution in [0, 0.1) is 11.3 Å². The van der Waals surface area contributed by atoms with Gasteiger partial charge in [-0.25, -0.2) is 0 Å². The number of ether oxygens (including phenoxy) is 1. The van der Waals surface area contributed by atoms with E-state index >= 15 is 0 Å². The van der Waals surface area contributed by atoms with Crippen molar-refractivity contribution in [3.63, 3.8) is 0 Å². The van der Waals surface area contributed by atoms with Crippen LogP contribution in [0.1, 0.15) is 52.9 Å². The monoisotopic (exact) mass is 270 g/mol. The van der Waals surface area contributed by atoms with Crippen LogP contribution in [0.5, 0.6) is 0 Å². The highest BCUT2D eigenvalue weighted by Crippen LogP contribution is 2.27. The number of hydrogen-bond donors (Lipinski definition) is 2. The topological polar surface area (TPSA) is 64.3 Å². The molecule has 2 atom stereocenters. The number of carbonyl (C=O) groups is 1. The molecule has 1 rings (SSSR count). The Labute approximate surface area is 117 Å². The van der Waals surface area contributed by atoms with Gasteiger partial charge in [0.1, 0.15) is 0 Å². The van der Waals surface area contributed by atoms with E-state index in [9.17, 15) is 4.79 Å². The Hall–Kier alpha value is -0.610. The van der Waals surface area contributed by atoms with Gasteiger partial charge in [0.15, 0.2) is 0 Å². The number of nitrogens with one attached hydrogen (secondary N) is 1. The first-order valence-electron chi connectivity index (χ1n) is 7.58. The van der Waals surface area contributed by atoms with Crippen LogP contribution in [0.15, 0.2) is 0 Å². The lowest BCUT2D eigenvalue weighted by molar-refractivity contribution is -0.130. The Morgan fingerprint density at radius 3 is 2.63 bits per heavy atom. The lowest BCUT2D eigenvalue weighted by Gasteiger charge is -2.25. The van der Waals surface area contributed by atoms with Gasteiger partial charge in [-0.1, -0.05) is 39.5 Å². The van der Waals surface area contributed by atoms with Crippen molar-refractivity contribution < 1.29 is 9.53 Å².